The van der Waals surface area contributed by atoms with Crippen molar-refractivity contribution in [2.75, 3.05) is 6.79 Å². The second-order valence-electron chi connectivity index (χ2n) is 5.28. The Hall–Kier alpha value is -3.61. The third-order valence-corrected chi connectivity index (χ3v) is 3.71. The van der Waals surface area contributed by atoms with Crippen LogP contribution in [0.5, 0.6) is 11.5 Å². The molecule has 0 atom stereocenters. The Bertz CT molecular complexity index is 1050. The van der Waals surface area contributed by atoms with Crippen LogP contribution in [0.15, 0.2) is 63.0 Å². The molecule has 0 fully saturated rings. The third kappa shape index (κ3) is 2.83. The van der Waals surface area contributed by atoms with Crippen LogP contribution in [0.4, 0.5) is 0 Å². The number of para-hydroxylation sites is 1. The number of nitrogens with one attached hydrogen (secondary N) is 1. The highest BCUT2D eigenvalue weighted by atomic mass is 16.7. The molecule has 0 aliphatic carbocycles. The van der Waals surface area contributed by atoms with Crippen molar-refractivity contribution < 1.29 is 18.7 Å². The number of rotatable bonds is 3. The standard InChI is InChI=1S/C18H12N2O5/c21-17-12(9-23-14-4-2-1-3-13(14)17)8-19-20-18(22)11-5-6-15-16(7-11)25-10-24-15/h1-9H,10H2,(H,20,22). The minimum absolute atomic E-state index is 0.135. The molecule has 1 aromatic heterocycles. The minimum atomic E-state index is -0.431. The molecule has 0 unspecified atom stereocenters. The van der Waals surface area contributed by atoms with Gasteiger partial charge in [0.25, 0.3) is 5.91 Å². The van der Waals surface area contributed by atoms with Crippen LogP contribution in [-0.2, 0) is 0 Å². The fraction of sp³-hybridized carbons (Fsp3) is 0.0556. The lowest BCUT2D eigenvalue weighted by molar-refractivity contribution is 0.0954. The van der Waals surface area contributed by atoms with E-state index in [0.717, 1.165) is 0 Å². The summed E-state index contributed by atoms with van der Waals surface area (Å²) in [5.41, 5.74) is 3.25. The van der Waals surface area contributed by atoms with E-state index < -0.39 is 5.91 Å². The number of ether oxygens (including phenoxy) is 2. The molecule has 2 aromatic carbocycles. The first kappa shape index (κ1) is 14.9. The van der Waals surface area contributed by atoms with Gasteiger partial charge in [-0.1, -0.05) is 12.1 Å². The molecule has 4 rings (SSSR count). The smallest absolute Gasteiger partial charge is 0.271 e. The molecular formula is C18H12N2O5. The predicted octanol–water partition coefficient (Wildman–Crippen LogP) is 2.29. The number of fused-ring (bicyclic) bond motifs is 2. The Morgan fingerprint density at radius 1 is 1.12 bits per heavy atom. The van der Waals surface area contributed by atoms with Gasteiger partial charge in [0.1, 0.15) is 11.8 Å². The molecule has 0 radical (unpaired) electrons. The average molecular weight is 336 g/mol. The van der Waals surface area contributed by atoms with E-state index in [4.69, 9.17) is 13.9 Å². The molecular weight excluding hydrogens is 324 g/mol. The first-order valence-corrected chi connectivity index (χ1v) is 7.46. The van der Waals surface area contributed by atoms with Crippen molar-refractivity contribution in [2.45, 2.75) is 0 Å². The van der Waals surface area contributed by atoms with Gasteiger partial charge in [-0.15, -0.1) is 0 Å². The van der Waals surface area contributed by atoms with Crippen LogP contribution in [0.1, 0.15) is 15.9 Å². The van der Waals surface area contributed by atoms with Crippen molar-refractivity contribution in [3.8, 4) is 11.5 Å². The Balaban J connectivity index is 1.52. The highest BCUT2D eigenvalue weighted by molar-refractivity contribution is 5.95. The van der Waals surface area contributed by atoms with Gasteiger partial charge in [-0.25, -0.2) is 5.43 Å². The fourth-order valence-electron chi connectivity index (χ4n) is 2.44. The third-order valence-electron chi connectivity index (χ3n) is 3.71. The highest BCUT2D eigenvalue weighted by Gasteiger charge is 2.15. The van der Waals surface area contributed by atoms with E-state index >= 15 is 0 Å². The van der Waals surface area contributed by atoms with Gasteiger partial charge in [0.15, 0.2) is 11.5 Å². The predicted molar refractivity (Wildman–Crippen MR) is 90.1 cm³/mol. The van der Waals surface area contributed by atoms with Crippen LogP contribution >= 0.6 is 0 Å². The lowest BCUT2D eigenvalue weighted by Crippen LogP contribution is -2.18. The lowest BCUT2D eigenvalue weighted by atomic mass is 10.2. The molecule has 0 saturated heterocycles. The second-order valence-corrected chi connectivity index (χ2v) is 5.28. The summed E-state index contributed by atoms with van der Waals surface area (Å²) in [5.74, 6) is 0.667. The SMILES string of the molecule is O=C(NN=Cc1coc2ccccc2c1=O)c1ccc2c(c1)OCO2. The maximum absolute atomic E-state index is 12.3. The Morgan fingerprint density at radius 3 is 2.88 bits per heavy atom. The van der Waals surface area contributed by atoms with E-state index in [1.54, 1.807) is 42.5 Å². The normalized spacial score (nSPS) is 12.6. The molecule has 1 N–H and O–H groups in total. The first-order chi connectivity index (χ1) is 12.2. The molecule has 2 heterocycles. The van der Waals surface area contributed by atoms with Crippen LogP contribution in [0, 0.1) is 0 Å². The van der Waals surface area contributed by atoms with Crippen LogP contribution in [-0.4, -0.2) is 18.9 Å². The summed E-state index contributed by atoms with van der Waals surface area (Å²) in [5, 5.41) is 4.27. The van der Waals surface area contributed by atoms with Gasteiger partial charge in [-0.2, -0.15) is 5.10 Å². The minimum Gasteiger partial charge on any atom is -0.463 e. The van der Waals surface area contributed by atoms with Gasteiger partial charge < -0.3 is 13.9 Å². The summed E-state index contributed by atoms with van der Waals surface area (Å²) in [6, 6.07) is 11.7. The molecule has 0 spiro atoms. The molecule has 7 nitrogen and oxygen atoms in total. The summed E-state index contributed by atoms with van der Waals surface area (Å²) in [6.45, 7) is 0.135. The molecule has 7 heteroatoms. The Labute approximate surface area is 141 Å². The van der Waals surface area contributed by atoms with Crippen LogP contribution in [0.25, 0.3) is 11.0 Å². The molecule has 1 aliphatic rings. The molecule has 25 heavy (non-hydrogen) atoms. The van der Waals surface area contributed by atoms with Crippen molar-refractivity contribution in [3.63, 3.8) is 0 Å². The average Bonchev–Trinajstić information content (AvgIpc) is 3.11. The van der Waals surface area contributed by atoms with Gasteiger partial charge in [0, 0.05) is 5.56 Å². The number of carbonyl (C=O) groups excluding carboxylic acids is 1. The fourth-order valence-corrected chi connectivity index (χ4v) is 2.44. The number of hydrogen-bond donors (Lipinski definition) is 1. The van der Waals surface area contributed by atoms with Gasteiger partial charge in [0.05, 0.1) is 17.2 Å². The molecule has 1 amide bonds. The van der Waals surface area contributed by atoms with E-state index in [1.807, 2.05) is 0 Å². The zero-order chi connectivity index (χ0) is 17.2. The molecule has 3 aromatic rings. The zero-order valence-electron chi connectivity index (χ0n) is 12.9. The van der Waals surface area contributed by atoms with E-state index in [2.05, 4.69) is 10.5 Å². The molecule has 1 aliphatic heterocycles. The maximum atomic E-state index is 12.3. The zero-order valence-corrected chi connectivity index (χ0v) is 12.9. The highest BCUT2D eigenvalue weighted by Crippen LogP contribution is 2.32. The van der Waals surface area contributed by atoms with Gasteiger partial charge in [-0.3, -0.25) is 9.59 Å². The largest absolute Gasteiger partial charge is 0.463 e. The van der Waals surface area contributed by atoms with E-state index in [1.165, 1.54) is 12.5 Å². The molecule has 0 bridgehead atoms. The van der Waals surface area contributed by atoms with E-state index in [9.17, 15) is 9.59 Å². The number of amides is 1. The summed E-state index contributed by atoms with van der Waals surface area (Å²) < 4.78 is 15.8. The van der Waals surface area contributed by atoms with Crippen LogP contribution in [0.2, 0.25) is 0 Å². The number of carbonyl (C=O) groups is 1. The van der Waals surface area contributed by atoms with E-state index in [0.29, 0.717) is 28.0 Å². The topological polar surface area (TPSA) is 90.1 Å². The number of hydrazone groups is 1. The number of nitrogens with zero attached hydrogens (tertiary/aromatic N) is 1. The second kappa shape index (κ2) is 6.12. The quantitative estimate of drug-likeness (QED) is 0.585. The Kier molecular flexibility index (Phi) is 3.66. The van der Waals surface area contributed by atoms with Crippen molar-refractivity contribution in [1.29, 1.82) is 0 Å². The van der Waals surface area contributed by atoms with Crippen molar-refractivity contribution in [1.82, 2.24) is 5.43 Å². The summed E-state index contributed by atoms with van der Waals surface area (Å²) in [7, 11) is 0. The first-order valence-electron chi connectivity index (χ1n) is 7.46. The summed E-state index contributed by atoms with van der Waals surface area (Å²) >= 11 is 0. The maximum Gasteiger partial charge on any atom is 0.271 e. The van der Waals surface area contributed by atoms with Crippen molar-refractivity contribution >= 4 is 23.1 Å². The van der Waals surface area contributed by atoms with Gasteiger partial charge in [-0.05, 0) is 30.3 Å². The van der Waals surface area contributed by atoms with Crippen LogP contribution in [0.3, 0.4) is 0 Å². The number of benzene rings is 2. The summed E-state index contributed by atoms with van der Waals surface area (Å²) in [6.07, 6.45) is 2.56. The van der Waals surface area contributed by atoms with E-state index in [-0.39, 0.29) is 17.8 Å². The lowest BCUT2D eigenvalue weighted by Gasteiger charge is -2.01. The van der Waals surface area contributed by atoms with Gasteiger partial charge >= 0.3 is 0 Å². The Morgan fingerprint density at radius 2 is 1.96 bits per heavy atom. The van der Waals surface area contributed by atoms with Crippen molar-refractivity contribution in [3.05, 3.63) is 70.1 Å². The summed E-state index contributed by atoms with van der Waals surface area (Å²) in [4.78, 5) is 24.4. The van der Waals surface area contributed by atoms with Gasteiger partial charge in [0.2, 0.25) is 12.2 Å². The molecule has 0 saturated carbocycles. The number of hydrogen-bond acceptors (Lipinski definition) is 6. The molecule has 124 valence electrons. The van der Waals surface area contributed by atoms with Crippen molar-refractivity contribution in [2.24, 2.45) is 5.10 Å². The van der Waals surface area contributed by atoms with Crippen LogP contribution < -0.4 is 20.3 Å². The monoisotopic (exact) mass is 336 g/mol.